The highest BCUT2D eigenvalue weighted by molar-refractivity contribution is 5.92. The van der Waals surface area contributed by atoms with Crippen molar-refractivity contribution in [2.45, 2.75) is 44.2 Å². The molecular formula is C17H28ClN5O. The summed E-state index contributed by atoms with van der Waals surface area (Å²) in [5, 5.41) is 7.85. The van der Waals surface area contributed by atoms with E-state index >= 15 is 0 Å². The Labute approximate surface area is 150 Å². The molecule has 2 aliphatic heterocycles. The van der Waals surface area contributed by atoms with Gasteiger partial charge >= 0.3 is 0 Å². The summed E-state index contributed by atoms with van der Waals surface area (Å²) in [6.07, 6.45) is 7.72. The topological polar surface area (TPSA) is 53.4 Å². The number of nitrogens with zero attached hydrogens (tertiary/aromatic N) is 4. The summed E-state index contributed by atoms with van der Waals surface area (Å²) >= 11 is 0. The maximum absolute atomic E-state index is 12.9. The van der Waals surface area contributed by atoms with E-state index in [1.54, 1.807) is 6.20 Å². The van der Waals surface area contributed by atoms with Gasteiger partial charge in [0.15, 0.2) is 0 Å². The highest BCUT2D eigenvalue weighted by Crippen LogP contribution is 2.30. The molecule has 7 heteroatoms. The molecule has 1 unspecified atom stereocenters. The molecule has 6 nitrogen and oxygen atoms in total. The molecule has 1 aromatic rings. The molecule has 1 aromatic heterocycles. The molecule has 3 fully saturated rings. The summed E-state index contributed by atoms with van der Waals surface area (Å²) in [5.74, 6) is 0.173. The lowest BCUT2D eigenvalue weighted by Crippen LogP contribution is -2.49. The molecule has 24 heavy (non-hydrogen) atoms. The monoisotopic (exact) mass is 353 g/mol. The van der Waals surface area contributed by atoms with Gasteiger partial charge in [-0.2, -0.15) is 5.10 Å². The summed E-state index contributed by atoms with van der Waals surface area (Å²) in [6, 6.07) is 2.86. The van der Waals surface area contributed by atoms with Gasteiger partial charge in [-0.05, 0) is 25.3 Å². The van der Waals surface area contributed by atoms with E-state index < -0.39 is 0 Å². The van der Waals surface area contributed by atoms with E-state index in [1.807, 2.05) is 15.6 Å². The number of piperazine rings is 1. The Hall–Kier alpha value is -1.11. The van der Waals surface area contributed by atoms with E-state index in [2.05, 4.69) is 15.3 Å². The summed E-state index contributed by atoms with van der Waals surface area (Å²) in [7, 11) is 0. The van der Waals surface area contributed by atoms with E-state index in [4.69, 9.17) is 0 Å². The SMILES string of the molecule is Cl.O=C(c1ccnn1C1CCCC1)N1CCC(N2CCNCC2)C1. The van der Waals surface area contributed by atoms with Crippen molar-refractivity contribution in [3.63, 3.8) is 0 Å². The largest absolute Gasteiger partial charge is 0.336 e. The lowest BCUT2D eigenvalue weighted by Gasteiger charge is -2.32. The predicted octanol–water partition coefficient (Wildman–Crippen LogP) is 1.54. The minimum absolute atomic E-state index is 0. The molecule has 0 spiro atoms. The number of hydrogen-bond acceptors (Lipinski definition) is 4. The standard InChI is InChI=1S/C17H27N5O.ClH/c23-17(16-5-7-19-22(16)14-3-1-2-4-14)21-10-6-15(13-21)20-11-8-18-9-12-20;/h5,7,14-15,18H,1-4,6,8-13H2;1H. The minimum atomic E-state index is 0. The Bertz CT molecular complexity index is 551. The molecule has 0 bridgehead atoms. The Balaban J connectivity index is 0.00000169. The molecule has 3 aliphatic rings. The average molecular weight is 354 g/mol. The smallest absolute Gasteiger partial charge is 0.272 e. The van der Waals surface area contributed by atoms with Crippen LogP contribution in [0.2, 0.25) is 0 Å². The van der Waals surface area contributed by atoms with Crippen molar-refractivity contribution < 1.29 is 4.79 Å². The van der Waals surface area contributed by atoms with Gasteiger partial charge in [0.05, 0.1) is 6.04 Å². The van der Waals surface area contributed by atoms with Crippen LogP contribution >= 0.6 is 12.4 Å². The van der Waals surface area contributed by atoms with Gasteiger partial charge in [0.1, 0.15) is 5.69 Å². The molecule has 4 rings (SSSR count). The number of halogens is 1. The minimum Gasteiger partial charge on any atom is -0.336 e. The second-order valence-corrected chi connectivity index (χ2v) is 7.08. The third kappa shape index (κ3) is 3.46. The van der Waals surface area contributed by atoms with Crippen LogP contribution in [-0.4, -0.2) is 70.8 Å². The van der Waals surface area contributed by atoms with Crippen LogP contribution in [-0.2, 0) is 0 Å². The number of carbonyl (C=O) groups is 1. The van der Waals surface area contributed by atoms with Crippen LogP contribution in [0.1, 0.15) is 48.6 Å². The van der Waals surface area contributed by atoms with Crippen LogP contribution in [0.3, 0.4) is 0 Å². The normalized spacial score (nSPS) is 25.8. The third-order valence-electron chi connectivity index (χ3n) is 5.68. The summed E-state index contributed by atoms with van der Waals surface area (Å²) < 4.78 is 1.99. The van der Waals surface area contributed by atoms with Crippen LogP contribution in [0.5, 0.6) is 0 Å². The number of hydrogen-bond donors (Lipinski definition) is 1. The number of amides is 1. The predicted molar refractivity (Wildman–Crippen MR) is 95.7 cm³/mol. The van der Waals surface area contributed by atoms with Crippen molar-refractivity contribution in [1.82, 2.24) is 24.9 Å². The van der Waals surface area contributed by atoms with Gasteiger partial charge in [-0.25, -0.2) is 0 Å². The van der Waals surface area contributed by atoms with E-state index in [9.17, 15) is 4.79 Å². The first-order valence-electron chi connectivity index (χ1n) is 9.10. The first-order chi connectivity index (χ1) is 11.3. The van der Waals surface area contributed by atoms with Crippen LogP contribution in [0.25, 0.3) is 0 Å². The van der Waals surface area contributed by atoms with Crippen molar-refractivity contribution in [3.8, 4) is 0 Å². The molecule has 1 amide bonds. The molecule has 0 aromatic carbocycles. The van der Waals surface area contributed by atoms with Crippen LogP contribution in [0.15, 0.2) is 12.3 Å². The van der Waals surface area contributed by atoms with Crippen molar-refractivity contribution in [2.24, 2.45) is 0 Å². The lowest BCUT2D eigenvalue weighted by atomic mass is 10.2. The van der Waals surface area contributed by atoms with E-state index in [1.165, 1.54) is 12.8 Å². The molecule has 1 atom stereocenters. The van der Waals surface area contributed by atoms with E-state index in [0.29, 0.717) is 12.1 Å². The van der Waals surface area contributed by atoms with Crippen molar-refractivity contribution in [3.05, 3.63) is 18.0 Å². The second-order valence-electron chi connectivity index (χ2n) is 7.08. The van der Waals surface area contributed by atoms with Gasteiger partial charge in [0.25, 0.3) is 5.91 Å². The molecule has 134 valence electrons. The first kappa shape index (κ1) is 17.7. The maximum atomic E-state index is 12.9. The lowest BCUT2D eigenvalue weighted by molar-refractivity contribution is 0.0758. The van der Waals surface area contributed by atoms with Gasteiger partial charge in [-0.3, -0.25) is 14.4 Å². The molecule has 0 radical (unpaired) electrons. The van der Waals surface area contributed by atoms with E-state index in [-0.39, 0.29) is 18.3 Å². The Morgan fingerprint density at radius 3 is 2.58 bits per heavy atom. The fourth-order valence-electron chi connectivity index (χ4n) is 4.36. The molecule has 1 N–H and O–H groups in total. The van der Waals surface area contributed by atoms with Crippen molar-refractivity contribution in [2.75, 3.05) is 39.3 Å². The van der Waals surface area contributed by atoms with Crippen molar-refractivity contribution in [1.29, 1.82) is 0 Å². The molecular weight excluding hydrogens is 326 g/mol. The number of nitrogens with one attached hydrogen (secondary N) is 1. The summed E-state index contributed by atoms with van der Waals surface area (Å²) in [6.45, 7) is 6.09. The summed E-state index contributed by atoms with van der Waals surface area (Å²) in [4.78, 5) is 17.5. The second kappa shape index (κ2) is 7.85. The maximum Gasteiger partial charge on any atom is 0.272 e. The Kier molecular flexibility index (Phi) is 5.79. The Morgan fingerprint density at radius 2 is 1.83 bits per heavy atom. The van der Waals surface area contributed by atoms with Gasteiger partial charge in [0.2, 0.25) is 0 Å². The number of likely N-dealkylation sites (tertiary alicyclic amines) is 1. The van der Waals surface area contributed by atoms with Crippen LogP contribution in [0, 0.1) is 0 Å². The van der Waals surface area contributed by atoms with Gasteiger partial charge in [-0.1, -0.05) is 12.8 Å². The zero-order valence-electron chi connectivity index (χ0n) is 14.2. The Morgan fingerprint density at radius 1 is 1.08 bits per heavy atom. The number of aromatic nitrogens is 2. The average Bonchev–Trinajstić information content (AvgIpc) is 3.34. The number of rotatable bonds is 3. The zero-order chi connectivity index (χ0) is 15.6. The molecule has 3 heterocycles. The van der Waals surface area contributed by atoms with Crippen molar-refractivity contribution >= 4 is 18.3 Å². The van der Waals surface area contributed by atoms with Crippen LogP contribution < -0.4 is 5.32 Å². The summed E-state index contributed by atoms with van der Waals surface area (Å²) in [5.41, 5.74) is 0.790. The highest BCUT2D eigenvalue weighted by atomic mass is 35.5. The zero-order valence-corrected chi connectivity index (χ0v) is 15.0. The van der Waals surface area contributed by atoms with Gasteiger partial charge in [0, 0.05) is 51.5 Å². The number of carbonyl (C=O) groups excluding carboxylic acids is 1. The first-order valence-corrected chi connectivity index (χ1v) is 9.10. The van der Waals surface area contributed by atoms with Crippen LogP contribution in [0.4, 0.5) is 0 Å². The fourth-order valence-corrected chi connectivity index (χ4v) is 4.36. The molecule has 1 aliphatic carbocycles. The van der Waals surface area contributed by atoms with Gasteiger partial charge in [-0.15, -0.1) is 12.4 Å². The molecule has 1 saturated carbocycles. The molecule has 2 saturated heterocycles. The van der Waals surface area contributed by atoms with Gasteiger partial charge < -0.3 is 10.2 Å². The third-order valence-corrected chi connectivity index (χ3v) is 5.68. The fraction of sp³-hybridized carbons (Fsp3) is 0.765. The quantitative estimate of drug-likeness (QED) is 0.895. The highest BCUT2D eigenvalue weighted by Gasteiger charge is 2.33. The van der Waals surface area contributed by atoms with E-state index in [0.717, 1.165) is 64.2 Å².